The van der Waals surface area contributed by atoms with Gasteiger partial charge in [0.2, 0.25) is 0 Å². The number of hydrogen-bond acceptors (Lipinski definition) is 3. The number of carbonyl (C=O) groups is 1. The van der Waals surface area contributed by atoms with Crippen LogP contribution in [0.25, 0.3) is 0 Å². The normalized spacial score (nSPS) is 10.1. The summed E-state index contributed by atoms with van der Waals surface area (Å²) in [4.78, 5) is 11.6. The average molecular weight is 244 g/mol. The van der Waals surface area contributed by atoms with Crippen LogP contribution in [0.2, 0.25) is 0 Å². The molecule has 4 heteroatoms. The van der Waals surface area contributed by atoms with E-state index in [-0.39, 0.29) is 5.91 Å². The molecule has 0 spiro atoms. The van der Waals surface area contributed by atoms with E-state index in [2.05, 4.69) is 10.6 Å². The van der Waals surface area contributed by atoms with Crippen molar-refractivity contribution in [2.75, 3.05) is 12.4 Å². The van der Waals surface area contributed by atoms with Crippen LogP contribution in [0.15, 0.2) is 41.0 Å². The molecular weight excluding hydrogens is 228 g/mol. The first kappa shape index (κ1) is 12.2. The molecule has 0 bridgehead atoms. The number of carbonyl (C=O) groups excluding carboxylic acids is 1. The van der Waals surface area contributed by atoms with Crippen molar-refractivity contribution in [3.63, 3.8) is 0 Å². The molecular formula is C14H16N2O2. The van der Waals surface area contributed by atoms with Gasteiger partial charge in [0.25, 0.3) is 5.91 Å². The SMILES string of the molecule is CNC(=O)c1ccc(C)c(NCc2ccco2)c1. The monoisotopic (exact) mass is 244 g/mol. The maximum Gasteiger partial charge on any atom is 0.251 e. The molecule has 0 fully saturated rings. The van der Waals surface area contributed by atoms with E-state index in [0.29, 0.717) is 12.1 Å². The Labute approximate surface area is 106 Å². The van der Waals surface area contributed by atoms with Crippen molar-refractivity contribution in [3.8, 4) is 0 Å². The minimum atomic E-state index is -0.0870. The summed E-state index contributed by atoms with van der Waals surface area (Å²) in [6.07, 6.45) is 1.64. The lowest BCUT2D eigenvalue weighted by Gasteiger charge is -2.10. The Hall–Kier alpha value is -2.23. The molecule has 0 aliphatic heterocycles. The van der Waals surface area contributed by atoms with Gasteiger partial charge in [-0.25, -0.2) is 0 Å². The lowest BCUT2D eigenvalue weighted by atomic mass is 10.1. The van der Waals surface area contributed by atoms with Crippen LogP contribution in [-0.4, -0.2) is 13.0 Å². The summed E-state index contributed by atoms with van der Waals surface area (Å²) < 4.78 is 5.25. The van der Waals surface area contributed by atoms with Crippen molar-refractivity contribution >= 4 is 11.6 Å². The number of rotatable bonds is 4. The molecule has 0 saturated carbocycles. The molecule has 0 unspecified atom stereocenters. The second kappa shape index (κ2) is 5.40. The molecule has 1 aromatic carbocycles. The Morgan fingerprint density at radius 1 is 1.33 bits per heavy atom. The summed E-state index contributed by atoms with van der Waals surface area (Å²) in [6.45, 7) is 2.60. The van der Waals surface area contributed by atoms with Crippen molar-refractivity contribution in [3.05, 3.63) is 53.5 Å². The second-order valence-corrected chi connectivity index (χ2v) is 4.04. The molecule has 2 aromatic rings. The van der Waals surface area contributed by atoms with Gasteiger partial charge in [-0.15, -0.1) is 0 Å². The Bertz CT molecular complexity index is 533. The van der Waals surface area contributed by atoms with Gasteiger partial charge in [-0.1, -0.05) is 6.07 Å². The van der Waals surface area contributed by atoms with Crippen molar-refractivity contribution in [2.45, 2.75) is 13.5 Å². The second-order valence-electron chi connectivity index (χ2n) is 4.04. The van der Waals surface area contributed by atoms with E-state index in [4.69, 9.17) is 4.42 Å². The van der Waals surface area contributed by atoms with E-state index in [1.165, 1.54) is 0 Å². The fourth-order valence-electron chi connectivity index (χ4n) is 1.69. The van der Waals surface area contributed by atoms with Gasteiger partial charge in [-0.2, -0.15) is 0 Å². The van der Waals surface area contributed by atoms with Gasteiger partial charge in [0.05, 0.1) is 12.8 Å². The highest BCUT2D eigenvalue weighted by atomic mass is 16.3. The number of hydrogen-bond donors (Lipinski definition) is 2. The number of nitrogens with one attached hydrogen (secondary N) is 2. The highest BCUT2D eigenvalue weighted by Gasteiger charge is 2.06. The van der Waals surface area contributed by atoms with E-state index in [9.17, 15) is 4.79 Å². The molecule has 1 heterocycles. The van der Waals surface area contributed by atoms with Crippen LogP contribution in [0.1, 0.15) is 21.7 Å². The van der Waals surface area contributed by atoms with E-state index < -0.39 is 0 Å². The zero-order valence-electron chi connectivity index (χ0n) is 10.5. The fraction of sp³-hybridized carbons (Fsp3) is 0.214. The zero-order valence-corrected chi connectivity index (χ0v) is 10.5. The van der Waals surface area contributed by atoms with E-state index >= 15 is 0 Å². The zero-order chi connectivity index (χ0) is 13.0. The van der Waals surface area contributed by atoms with Gasteiger partial charge in [0.15, 0.2) is 0 Å². The van der Waals surface area contributed by atoms with Gasteiger partial charge in [0.1, 0.15) is 5.76 Å². The predicted molar refractivity (Wildman–Crippen MR) is 70.6 cm³/mol. The summed E-state index contributed by atoms with van der Waals surface area (Å²) >= 11 is 0. The number of amides is 1. The summed E-state index contributed by atoms with van der Waals surface area (Å²) in [6, 6.07) is 9.34. The number of aryl methyl sites for hydroxylation is 1. The number of furan rings is 1. The first-order valence-electron chi connectivity index (χ1n) is 5.79. The van der Waals surface area contributed by atoms with E-state index in [1.807, 2.05) is 37.3 Å². The number of anilines is 1. The molecule has 18 heavy (non-hydrogen) atoms. The molecule has 2 N–H and O–H groups in total. The fourth-order valence-corrected chi connectivity index (χ4v) is 1.69. The highest BCUT2D eigenvalue weighted by molar-refractivity contribution is 5.95. The summed E-state index contributed by atoms with van der Waals surface area (Å²) in [5.41, 5.74) is 2.67. The van der Waals surface area contributed by atoms with Crippen molar-refractivity contribution in [1.29, 1.82) is 0 Å². The molecule has 0 radical (unpaired) electrons. The Morgan fingerprint density at radius 2 is 2.17 bits per heavy atom. The third kappa shape index (κ3) is 2.71. The molecule has 2 rings (SSSR count). The van der Waals surface area contributed by atoms with Gasteiger partial charge >= 0.3 is 0 Å². The van der Waals surface area contributed by atoms with Crippen LogP contribution in [-0.2, 0) is 6.54 Å². The van der Waals surface area contributed by atoms with Crippen LogP contribution in [0, 0.1) is 6.92 Å². The summed E-state index contributed by atoms with van der Waals surface area (Å²) in [7, 11) is 1.62. The third-order valence-electron chi connectivity index (χ3n) is 2.76. The quantitative estimate of drug-likeness (QED) is 0.869. The van der Waals surface area contributed by atoms with Crippen molar-refractivity contribution in [2.24, 2.45) is 0 Å². The molecule has 0 aliphatic carbocycles. The van der Waals surface area contributed by atoms with E-state index in [0.717, 1.165) is 17.0 Å². The summed E-state index contributed by atoms with van der Waals surface area (Å²) in [5.74, 6) is 0.774. The largest absolute Gasteiger partial charge is 0.467 e. The lowest BCUT2D eigenvalue weighted by Crippen LogP contribution is -2.18. The standard InChI is InChI=1S/C14H16N2O2/c1-10-5-6-11(14(17)15-2)8-13(10)16-9-12-4-3-7-18-12/h3-8,16H,9H2,1-2H3,(H,15,17). The first-order chi connectivity index (χ1) is 8.70. The van der Waals surface area contributed by atoms with Crippen LogP contribution in [0.5, 0.6) is 0 Å². The molecule has 4 nitrogen and oxygen atoms in total. The Kier molecular flexibility index (Phi) is 3.67. The first-order valence-corrected chi connectivity index (χ1v) is 5.79. The molecule has 0 saturated heterocycles. The van der Waals surface area contributed by atoms with Gasteiger partial charge < -0.3 is 15.1 Å². The molecule has 94 valence electrons. The summed E-state index contributed by atoms with van der Waals surface area (Å²) in [5, 5.41) is 5.87. The maximum absolute atomic E-state index is 11.6. The topological polar surface area (TPSA) is 54.3 Å². The van der Waals surface area contributed by atoms with Crippen LogP contribution in [0.4, 0.5) is 5.69 Å². The average Bonchev–Trinajstić information content (AvgIpc) is 2.90. The minimum Gasteiger partial charge on any atom is -0.467 e. The third-order valence-corrected chi connectivity index (χ3v) is 2.76. The molecule has 0 aliphatic rings. The van der Waals surface area contributed by atoms with Crippen molar-refractivity contribution < 1.29 is 9.21 Å². The minimum absolute atomic E-state index is 0.0870. The predicted octanol–water partition coefficient (Wildman–Crippen LogP) is 2.56. The number of benzene rings is 1. The van der Waals surface area contributed by atoms with Crippen molar-refractivity contribution in [1.82, 2.24) is 5.32 Å². The van der Waals surface area contributed by atoms with Gasteiger partial charge in [-0.3, -0.25) is 4.79 Å². The van der Waals surface area contributed by atoms with Crippen LogP contribution in [0.3, 0.4) is 0 Å². The lowest BCUT2D eigenvalue weighted by molar-refractivity contribution is 0.0963. The highest BCUT2D eigenvalue weighted by Crippen LogP contribution is 2.18. The van der Waals surface area contributed by atoms with Crippen LogP contribution >= 0.6 is 0 Å². The Balaban J connectivity index is 2.13. The smallest absolute Gasteiger partial charge is 0.251 e. The van der Waals surface area contributed by atoms with Gasteiger partial charge in [-0.05, 0) is 36.8 Å². The molecule has 1 amide bonds. The Morgan fingerprint density at radius 3 is 2.83 bits per heavy atom. The molecule has 0 atom stereocenters. The van der Waals surface area contributed by atoms with E-state index in [1.54, 1.807) is 13.3 Å². The van der Waals surface area contributed by atoms with Gasteiger partial charge in [0, 0.05) is 18.3 Å². The van der Waals surface area contributed by atoms with Crippen LogP contribution < -0.4 is 10.6 Å². The molecule has 1 aromatic heterocycles. The maximum atomic E-state index is 11.6.